The largest absolute Gasteiger partial charge is 0.378 e. The molecule has 22 heavy (non-hydrogen) atoms. The molecular weight excluding hydrogens is 337 g/mol. The molecule has 1 saturated heterocycles. The molecule has 0 bridgehead atoms. The van der Waals surface area contributed by atoms with Crippen molar-refractivity contribution in [3.63, 3.8) is 0 Å². The Kier molecular flexibility index (Phi) is 5.11. The molecule has 2 heterocycles. The summed E-state index contributed by atoms with van der Waals surface area (Å²) >= 11 is 13.6. The van der Waals surface area contributed by atoms with Gasteiger partial charge in [0.1, 0.15) is 0 Å². The number of anilines is 2. The first-order valence-electron chi connectivity index (χ1n) is 7.50. The van der Waals surface area contributed by atoms with Crippen LogP contribution < -0.4 is 10.2 Å². The van der Waals surface area contributed by atoms with Crippen molar-refractivity contribution in [2.45, 2.75) is 26.3 Å². The van der Waals surface area contributed by atoms with Crippen LogP contribution >= 0.6 is 34.5 Å². The van der Waals surface area contributed by atoms with Crippen LogP contribution in [0.15, 0.2) is 24.4 Å². The third kappa shape index (κ3) is 3.86. The Morgan fingerprint density at radius 1 is 1.41 bits per heavy atom. The SMILES string of the molecule is CC1CCCN(c2ccc(Cl)cc2NCc2cnc(Cl)s2)C1. The summed E-state index contributed by atoms with van der Waals surface area (Å²) in [5.41, 5.74) is 2.30. The molecule has 3 nitrogen and oxygen atoms in total. The van der Waals surface area contributed by atoms with E-state index in [0.717, 1.165) is 34.6 Å². The molecule has 1 aliphatic rings. The molecule has 1 aliphatic heterocycles. The highest BCUT2D eigenvalue weighted by Gasteiger charge is 2.19. The van der Waals surface area contributed by atoms with Crippen LogP contribution in [-0.2, 0) is 6.54 Å². The van der Waals surface area contributed by atoms with Crippen molar-refractivity contribution in [3.05, 3.63) is 38.8 Å². The van der Waals surface area contributed by atoms with Crippen LogP contribution in [-0.4, -0.2) is 18.1 Å². The highest BCUT2D eigenvalue weighted by molar-refractivity contribution is 7.15. The lowest BCUT2D eigenvalue weighted by Gasteiger charge is -2.34. The molecule has 2 aromatic rings. The highest BCUT2D eigenvalue weighted by Crippen LogP contribution is 2.33. The van der Waals surface area contributed by atoms with Crippen molar-refractivity contribution in [2.75, 3.05) is 23.3 Å². The van der Waals surface area contributed by atoms with Crippen LogP contribution in [0.1, 0.15) is 24.6 Å². The van der Waals surface area contributed by atoms with Gasteiger partial charge < -0.3 is 10.2 Å². The molecule has 1 atom stereocenters. The maximum atomic E-state index is 6.18. The molecular formula is C16H19Cl2N3S. The highest BCUT2D eigenvalue weighted by atomic mass is 35.5. The van der Waals surface area contributed by atoms with Gasteiger partial charge in [-0.3, -0.25) is 0 Å². The fourth-order valence-corrected chi connectivity index (χ4v) is 3.97. The second-order valence-electron chi connectivity index (χ2n) is 5.79. The van der Waals surface area contributed by atoms with Crippen LogP contribution in [0.5, 0.6) is 0 Å². The minimum atomic E-state index is 0.577. The molecule has 0 amide bonds. The summed E-state index contributed by atoms with van der Waals surface area (Å²) < 4.78 is 0.577. The molecule has 1 aromatic heterocycles. The lowest BCUT2D eigenvalue weighted by atomic mass is 9.99. The second-order valence-corrected chi connectivity index (χ2v) is 7.92. The summed E-state index contributed by atoms with van der Waals surface area (Å²) in [7, 11) is 0. The Hall–Kier alpha value is -0.970. The number of piperidine rings is 1. The van der Waals surface area contributed by atoms with E-state index in [9.17, 15) is 0 Å². The van der Waals surface area contributed by atoms with Crippen molar-refractivity contribution >= 4 is 45.9 Å². The van der Waals surface area contributed by atoms with E-state index >= 15 is 0 Å². The van der Waals surface area contributed by atoms with Gasteiger partial charge in [-0.1, -0.05) is 30.1 Å². The lowest BCUT2D eigenvalue weighted by molar-refractivity contribution is 0.447. The van der Waals surface area contributed by atoms with E-state index in [2.05, 4.69) is 28.2 Å². The molecule has 1 aromatic carbocycles. The van der Waals surface area contributed by atoms with E-state index in [1.54, 1.807) is 0 Å². The van der Waals surface area contributed by atoms with Gasteiger partial charge in [0, 0.05) is 29.2 Å². The van der Waals surface area contributed by atoms with Gasteiger partial charge in [0.2, 0.25) is 0 Å². The van der Waals surface area contributed by atoms with Crippen molar-refractivity contribution in [1.29, 1.82) is 0 Å². The molecule has 0 aliphatic carbocycles. The van der Waals surface area contributed by atoms with Gasteiger partial charge in [0.25, 0.3) is 0 Å². The number of hydrogen-bond donors (Lipinski definition) is 1. The smallest absolute Gasteiger partial charge is 0.183 e. The van der Waals surface area contributed by atoms with Crippen LogP contribution in [0.25, 0.3) is 0 Å². The zero-order chi connectivity index (χ0) is 15.5. The van der Waals surface area contributed by atoms with Crippen molar-refractivity contribution in [3.8, 4) is 0 Å². The van der Waals surface area contributed by atoms with Gasteiger partial charge in [-0.25, -0.2) is 4.98 Å². The Morgan fingerprint density at radius 3 is 3.00 bits per heavy atom. The van der Waals surface area contributed by atoms with Gasteiger partial charge in [-0.15, -0.1) is 11.3 Å². The number of hydrogen-bond acceptors (Lipinski definition) is 4. The summed E-state index contributed by atoms with van der Waals surface area (Å²) in [6.45, 7) is 5.23. The maximum absolute atomic E-state index is 6.18. The molecule has 0 radical (unpaired) electrons. The molecule has 0 saturated carbocycles. The number of thiazole rings is 1. The van der Waals surface area contributed by atoms with Crippen LogP contribution in [0.3, 0.4) is 0 Å². The Morgan fingerprint density at radius 2 is 2.27 bits per heavy atom. The summed E-state index contributed by atoms with van der Waals surface area (Å²) in [4.78, 5) is 7.64. The van der Waals surface area contributed by atoms with E-state index in [0.29, 0.717) is 11.0 Å². The number of nitrogens with zero attached hydrogens (tertiary/aromatic N) is 2. The summed E-state index contributed by atoms with van der Waals surface area (Å²) in [5, 5.41) is 4.23. The van der Waals surface area contributed by atoms with Crippen LogP contribution in [0.2, 0.25) is 9.49 Å². The average molecular weight is 356 g/mol. The summed E-state index contributed by atoms with van der Waals surface area (Å²) in [6, 6.07) is 6.08. The van der Waals surface area contributed by atoms with Gasteiger partial charge in [0.15, 0.2) is 4.47 Å². The number of rotatable bonds is 4. The normalized spacial score (nSPS) is 18.5. The zero-order valence-corrected chi connectivity index (χ0v) is 14.8. The third-order valence-corrected chi connectivity index (χ3v) is 5.28. The Bertz CT molecular complexity index is 644. The Labute approximate surface area is 145 Å². The number of aromatic nitrogens is 1. The fraction of sp³-hybridized carbons (Fsp3) is 0.438. The lowest BCUT2D eigenvalue weighted by Crippen LogP contribution is -2.34. The summed E-state index contributed by atoms with van der Waals surface area (Å²) in [6.07, 6.45) is 4.37. The van der Waals surface area contributed by atoms with Gasteiger partial charge in [0.05, 0.1) is 17.9 Å². The first kappa shape index (κ1) is 15.9. The minimum Gasteiger partial charge on any atom is -0.378 e. The van der Waals surface area contributed by atoms with E-state index in [1.807, 2.05) is 18.3 Å². The minimum absolute atomic E-state index is 0.577. The quantitative estimate of drug-likeness (QED) is 0.806. The topological polar surface area (TPSA) is 28.2 Å². The second kappa shape index (κ2) is 7.07. The predicted octanol–water partition coefficient (Wildman–Crippen LogP) is 5.30. The van der Waals surface area contributed by atoms with Gasteiger partial charge in [-0.2, -0.15) is 0 Å². The number of nitrogens with one attached hydrogen (secondary N) is 1. The fourth-order valence-electron chi connectivity index (χ4n) is 2.88. The number of benzene rings is 1. The molecule has 6 heteroatoms. The zero-order valence-electron chi connectivity index (χ0n) is 12.5. The van der Waals surface area contributed by atoms with Crippen LogP contribution in [0, 0.1) is 5.92 Å². The average Bonchev–Trinajstić information content (AvgIpc) is 2.91. The third-order valence-electron chi connectivity index (χ3n) is 3.93. The van der Waals surface area contributed by atoms with E-state index < -0.39 is 0 Å². The molecule has 1 unspecified atom stereocenters. The van der Waals surface area contributed by atoms with E-state index in [4.69, 9.17) is 23.2 Å². The standard InChI is InChI=1S/C16H19Cl2N3S/c1-11-3-2-6-21(10-11)15-5-4-12(17)7-14(15)19-8-13-9-20-16(18)22-13/h4-5,7,9,11,19H,2-3,6,8,10H2,1H3. The molecule has 1 N–H and O–H groups in total. The number of halogens is 2. The van der Waals surface area contributed by atoms with Crippen molar-refractivity contribution < 1.29 is 0 Å². The van der Waals surface area contributed by atoms with E-state index in [1.165, 1.54) is 29.9 Å². The molecule has 3 rings (SSSR count). The molecule has 0 spiro atoms. The summed E-state index contributed by atoms with van der Waals surface area (Å²) in [5.74, 6) is 0.734. The van der Waals surface area contributed by atoms with Gasteiger partial charge >= 0.3 is 0 Å². The molecule has 118 valence electrons. The van der Waals surface area contributed by atoms with E-state index in [-0.39, 0.29) is 0 Å². The van der Waals surface area contributed by atoms with Crippen LogP contribution in [0.4, 0.5) is 11.4 Å². The predicted molar refractivity (Wildman–Crippen MR) is 96.5 cm³/mol. The van der Waals surface area contributed by atoms with Gasteiger partial charge in [-0.05, 0) is 37.0 Å². The first-order chi connectivity index (χ1) is 10.6. The van der Waals surface area contributed by atoms with Crippen molar-refractivity contribution in [2.24, 2.45) is 5.92 Å². The van der Waals surface area contributed by atoms with Crippen molar-refractivity contribution in [1.82, 2.24) is 4.98 Å². The monoisotopic (exact) mass is 355 g/mol. The maximum Gasteiger partial charge on any atom is 0.183 e. The molecule has 1 fully saturated rings. The first-order valence-corrected chi connectivity index (χ1v) is 9.07. The Balaban J connectivity index is 1.78.